The van der Waals surface area contributed by atoms with Gasteiger partial charge in [0.15, 0.2) is 6.10 Å². The lowest BCUT2D eigenvalue weighted by Gasteiger charge is -2.17. The van der Waals surface area contributed by atoms with E-state index in [1.165, 1.54) is 5.57 Å². The van der Waals surface area contributed by atoms with E-state index in [4.69, 9.17) is 4.84 Å². The summed E-state index contributed by atoms with van der Waals surface area (Å²) in [5.74, 6) is 0.461. The van der Waals surface area contributed by atoms with Crippen molar-refractivity contribution in [1.82, 2.24) is 0 Å². The minimum Gasteiger partial charge on any atom is -0.387 e. The molecule has 2 unspecified atom stereocenters. The highest BCUT2D eigenvalue weighted by Crippen LogP contribution is 2.24. The molecule has 52 valence electrons. The molecule has 0 bridgehead atoms. The van der Waals surface area contributed by atoms with E-state index in [9.17, 15) is 0 Å². The molecule has 1 heterocycles. The van der Waals surface area contributed by atoms with Crippen LogP contribution in [0, 0.1) is 5.92 Å². The van der Waals surface area contributed by atoms with E-state index in [0.717, 1.165) is 0 Å². The predicted octanol–water partition coefficient (Wildman–Crippen LogP) is 1.50. The van der Waals surface area contributed by atoms with E-state index in [1.807, 2.05) is 6.08 Å². The molecule has 0 saturated heterocycles. The molecular formula is C8H9NO. The Morgan fingerprint density at radius 1 is 1.60 bits per heavy atom. The second kappa shape index (κ2) is 1.97. The Kier molecular flexibility index (Phi) is 1.13. The molecule has 10 heavy (non-hydrogen) atoms. The average Bonchev–Trinajstić information content (AvgIpc) is 2.36. The summed E-state index contributed by atoms with van der Waals surface area (Å²) in [6.07, 6.45) is 8.19. The van der Waals surface area contributed by atoms with E-state index in [1.54, 1.807) is 6.21 Å². The highest BCUT2D eigenvalue weighted by molar-refractivity contribution is 5.82. The molecule has 0 aromatic rings. The van der Waals surface area contributed by atoms with Crippen LogP contribution in [0.5, 0.6) is 0 Å². The zero-order valence-electron chi connectivity index (χ0n) is 5.82. The third-order valence-corrected chi connectivity index (χ3v) is 1.89. The third-order valence-electron chi connectivity index (χ3n) is 1.89. The molecule has 0 amide bonds. The van der Waals surface area contributed by atoms with Gasteiger partial charge < -0.3 is 4.84 Å². The van der Waals surface area contributed by atoms with Crippen molar-refractivity contribution in [3.8, 4) is 0 Å². The summed E-state index contributed by atoms with van der Waals surface area (Å²) in [5, 5.41) is 3.74. The van der Waals surface area contributed by atoms with Gasteiger partial charge in [-0.05, 0) is 0 Å². The summed E-state index contributed by atoms with van der Waals surface area (Å²) in [6, 6.07) is 0. The van der Waals surface area contributed by atoms with Crippen molar-refractivity contribution < 1.29 is 4.84 Å². The topological polar surface area (TPSA) is 21.6 Å². The maximum absolute atomic E-state index is 5.12. The molecule has 0 saturated carbocycles. The van der Waals surface area contributed by atoms with E-state index in [2.05, 4.69) is 24.2 Å². The van der Waals surface area contributed by atoms with Crippen LogP contribution in [0.4, 0.5) is 0 Å². The van der Waals surface area contributed by atoms with Gasteiger partial charge in [0.2, 0.25) is 0 Å². The molecule has 1 aliphatic carbocycles. The lowest BCUT2D eigenvalue weighted by Crippen LogP contribution is -2.19. The van der Waals surface area contributed by atoms with Gasteiger partial charge in [-0.3, -0.25) is 0 Å². The first-order valence-corrected chi connectivity index (χ1v) is 3.45. The zero-order valence-corrected chi connectivity index (χ0v) is 5.82. The van der Waals surface area contributed by atoms with Gasteiger partial charge >= 0.3 is 0 Å². The van der Waals surface area contributed by atoms with Crippen LogP contribution in [-0.4, -0.2) is 12.3 Å². The summed E-state index contributed by atoms with van der Waals surface area (Å²) in [6.45, 7) is 2.13. The van der Waals surface area contributed by atoms with Gasteiger partial charge in [0.1, 0.15) is 0 Å². The standard InChI is InChI=1S/C8H9NO/c1-6-3-2-4-7-5-9-10-8(6)7/h2-6,8H,1H3. The summed E-state index contributed by atoms with van der Waals surface area (Å²) >= 11 is 0. The van der Waals surface area contributed by atoms with Gasteiger partial charge in [-0.25, -0.2) is 0 Å². The molecule has 0 N–H and O–H groups in total. The van der Waals surface area contributed by atoms with Crippen LogP contribution in [0.3, 0.4) is 0 Å². The molecule has 2 heteroatoms. The van der Waals surface area contributed by atoms with Crippen LogP contribution < -0.4 is 0 Å². The van der Waals surface area contributed by atoms with Crippen molar-refractivity contribution in [2.45, 2.75) is 13.0 Å². The molecule has 0 spiro atoms. The Morgan fingerprint density at radius 2 is 2.50 bits per heavy atom. The second-order valence-corrected chi connectivity index (χ2v) is 2.67. The molecule has 2 rings (SSSR count). The van der Waals surface area contributed by atoms with Crippen molar-refractivity contribution in [3.63, 3.8) is 0 Å². The van der Waals surface area contributed by atoms with Crippen molar-refractivity contribution in [1.29, 1.82) is 0 Å². The minimum absolute atomic E-state index is 0.185. The number of hydrogen-bond acceptors (Lipinski definition) is 2. The molecule has 2 aliphatic rings. The summed E-state index contributed by atoms with van der Waals surface area (Å²) in [7, 11) is 0. The van der Waals surface area contributed by atoms with Crippen molar-refractivity contribution in [2.75, 3.05) is 0 Å². The van der Waals surface area contributed by atoms with E-state index < -0.39 is 0 Å². The van der Waals surface area contributed by atoms with E-state index in [0.29, 0.717) is 5.92 Å². The van der Waals surface area contributed by atoms with Gasteiger partial charge in [-0.1, -0.05) is 30.3 Å². The molecule has 2 nitrogen and oxygen atoms in total. The maximum atomic E-state index is 5.12. The van der Waals surface area contributed by atoms with Crippen LogP contribution in [0.1, 0.15) is 6.92 Å². The zero-order chi connectivity index (χ0) is 6.97. The molecule has 0 aromatic heterocycles. The fourth-order valence-corrected chi connectivity index (χ4v) is 1.27. The largest absolute Gasteiger partial charge is 0.387 e. The van der Waals surface area contributed by atoms with Crippen LogP contribution in [0.15, 0.2) is 29.0 Å². The molecule has 2 atom stereocenters. The lowest BCUT2D eigenvalue weighted by molar-refractivity contribution is 0.0790. The van der Waals surface area contributed by atoms with Gasteiger partial charge in [0, 0.05) is 11.5 Å². The highest BCUT2D eigenvalue weighted by Gasteiger charge is 2.25. The third kappa shape index (κ3) is 0.685. The van der Waals surface area contributed by atoms with Crippen LogP contribution in [-0.2, 0) is 4.84 Å². The molecule has 0 aromatic carbocycles. The summed E-state index contributed by atoms with van der Waals surface area (Å²) < 4.78 is 0. The van der Waals surface area contributed by atoms with Crippen molar-refractivity contribution in [3.05, 3.63) is 23.8 Å². The van der Waals surface area contributed by atoms with Gasteiger partial charge in [0.05, 0.1) is 6.21 Å². The minimum atomic E-state index is 0.185. The first-order valence-electron chi connectivity index (χ1n) is 3.45. The number of allylic oxidation sites excluding steroid dienone is 2. The maximum Gasteiger partial charge on any atom is 0.160 e. The fourth-order valence-electron chi connectivity index (χ4n) is 1.27. The number of fused-ring (bicyclic) bond motifs is 1. The van der Waals surface area contributed by atoms with E-state index in [-0.39, 0.29) is 6.10 Å². The summed E-state index contributed by atoms with van der Waals surface area (Å²) in [4.78, 5) is 5.12. The highest BCUT2D eigenvalue weighted by atomic mass is 16.6. The lowest BCUT2D eigenvalue weighted by atomic mass is 9.94. The van der Waals surface area contributed by atoms with Crippen LogP contribution in [0.2, 0.25) is 0 Å². The number of rotatable bonds is 0. The smallest absolute Gasteiger partial charge is 0.160 e. The van der Waals surface area contributed by atoms with E-state index >= 15 is 0 Å². The van der Waals surface area contributed by atoms with Crippen LogP contribution in [0.25, 0.3) is 0 Å². The Hall–Kier alpha value is -1.05. The second-order valence-electron chi connectivity index (χ2n) is 2.67. The first kappa shape index (κ1) is 5.71. The van der Waals surface area contributed by atoms with Crippen molar-refractivity contribution >= 4 is 6.21 Å². The summed E-state index contributed by atoms with van der Waals surface area (Å²) in [5.41, 5.74) is 1.19. The molecular weight excluding hydrogens is 126 g/mol. The predicted molar refractivity (Wildman–Crippen MR) is 39.8 cm³/mol. The SMILES string of the molecule is CC1C=CC=C2C=NOC21. The number of nitrogens with zero attached hydrogens (tertiary/aromatic N) is 1. The normalized spacial score (nSPS) is 35.1. The van der Waals surface area contributed by atoms with Gasteiger partial charge in [-0.15, -0.1) is 0 Å². The van der Waals surface area contributed by atoms with Crippen LogP contribution >= 0.6 is 0 Å². The monoisotopic (exact) mass is 135 g/mol. The van der Waals surface area contributed by atoms with Crippen molar-refractivity contribution in [2.24, 2.45) is 11.1 Å². The van der Waals surface area contributed by atoms with Gasteiger partial charge in [-0.2, -0.15) is 0 Å². The number of oxime groups is 1. The van der Waals surface area contributed by atoms with Gasteiger partial charge in [0.25, 0.3) is 0 Å². The number of hydrogen-bond donors (Lipinski definition) is 0. The average molecular weight is 135 g/mol. The fraction of sp³-hybridized carbons (Fsp3) is 0.375. The Morgan fingerprint density at radius 3 is 3.30 bits per heavy atom. The molecule has 1 aliphatic heterocycles. The Bertz CT molecular complexity index is 227. The Labute approximate surface area is 59.9 Å². The molecule has 0 fully saturated rings. The quantitative estimate of drug-likeness (QED) is 0.493. The molecule has 0 radical (unpaired) electrons. The first-order chi connectivity index (χ1) is 4.88. The Balaban J connectivity index is 2.31.